The topological polar surface area (TPSA) is 47.8 Å². The zero-order valence-corrected chi connectivity index (χ0v) is 6.03. The number of hydrogen-bond acceptors (Lipinski definition) is 3. The third kappa shape index (κ3) is 1.21. The van der Waals surface area contributed by atoms with Gasteiger partial charge in [-0.2, -0.15) is 10.1 Å². The minimum atomic E-state index is -0.308. The smallest absolute Gasteiger partial charge is 0.244 e. The average Bonchev–Trinajstić information content (AvgIpc) is 1.95. The van der Waals surface area contributed by atoms with Gasteiger partial charge in [0.1, 0.15) is 0 Å². The van der Waals surface area contributed by atoms with Crippen molar-refractivity contribution in [3.63, 3.8) is 0 Å². The molecule has 0 aliphatic carbocycles. The van der Waals surface area contributed by atoms with Crippen LogP contribution in [0.25, 0.3) is 0 Å². The molecule has 0 aromatic carbocycles. The number of aromatic nitrogens is 3. The zero-order valence-electron chi connectivity index (χ0n) is 6.03. The summed E-state index contributed by atoms with van der Waals surface area (Å²) in [7, 11) is 1.59. The van der Waals surface area contributed by atoms with Crippen LogP contribution >= 0.6 is 0 Å². The number of nitrogens with zero attached hydrogens (tertiary/aromatic N) is 3. The SMILES string of the molecule is CCc1cnc(=O)n(C)n1. The van der Waals surface area contributed by atoms with Gasteiger partial charge in [0.2, 0.25) is 0 Å². The average molecular weight is 139 g/mol. The molecule has 54 valence electrons. The van der Waals surface area contributed by atoms with Crippen LogP contribution in [0.3, 0.4) is 0 Å². The first-order chi connectivity index (χ1) is 4.74. The van der Waals surface area contributed by atoms with E-state index in [4.69, 9.17) is 0 Å². The number of aryl methyl sites for hydroxylation is 2. The van der Waals surface area contributed by atoms with Gasteiger partial charge >= 0.3 is 5.69 Å². The van der Waals surface area contributed by atoms with Crippen molar-refractivity contribution < 1.29 is 0 Å². The monoisotopic (exact) mass is 139 g/mol. The molecular formula is C6H9N3O. The van der Waals surface area contributed by atoms with Gasteiger partial charge in [-0.25, -0.2) is 9.48 Å². The Labute approximate surface area is 58.5 Å². The van der Waals surface area contributed by atoms with E-state index in [1.165, 1.54) is 10.9 Å². The normalized spacial score (nSPS) is 9.80. The van der Waals surface area contributed by atoms with Crippen molar-refractivity contribution in [3.05, 3.63) is 22.4 Å². The van der Waals surface area contributed by atoms with Crippen LogP contribution in [0.15, 0.2) is 11.0 Å². The van der Waals surface area contributed by atoms with Crippen LogP contribution in [0.4, 0.5) is 0 Å². The Kier molecular flexibility index (Phi) is 1.80. The van der Waals surface area contributed by atoms with Gasteiger partial charge in [0, 0.05) is 7.05 Å². The molecule has 0 amide bonds. The molecule has 0 aliphatic rings. The van der Waals surface area contributed by atoms with Crippen LogP contribution in [0.2, 0.25) is 0 Å². The molecule has 0 fully saturated rings. The fourth-order valence-corrected chi connectivity index (χ4v) is 0.637. The van der Waals surface area contributed by atoms with Gasteiger partial charge in [-0.1, -0.05) is 6.92 Å². The Hall–Kier alpha value is -1.19. The first kappa shape index (κ1) is 6.92. The Morgan fingerprint density at radius 2 is 2.40 bits per heavy atom. The van der Waals surface area contributed by atoms with Crippen molar-refractivity contribution in [3.8, 4) is 0 Å². The van der Waals surface area contributed by atoms with Crippen LogP contribution in [0.1, 0.15) is 12.6 Å². The maximum absolute atomic E-state index is 10.7. The summed E-state index contributed by atoms with van der Waals surface area (Å²) in [5, 5.41) is 3.93. The highest BCUT2D eigenvalue weighted by atomic mass is 16.1. The first-order valence-electron chi connectivity index (χ1n) is 3.13. The second-order valence-corrected chi connectivity index (χ2v) is 2.01. The maximum Gasteiger partial charge on any atom is 0.363 e. The highest BCUT2D eigenvalue weighted by molar-refractivity contribution is 4.89. The third-order valence-corrected chi connectivity index (χ3v) is 1.24. The van der Waals surface area contributed by atoms with E-state index in [0.29, 0.717) is 0 Å². The Balaban J connectivity index is 3.17. The van der Waals surface area contributed by atoms with Gasteiger partial charge in [0.15, 0.2) is 0 Å². The first-order valence-corrected chi connectivity index (χ1v) is 3.13. The molecule has 0 radical (unpaired) electrons. The molecule has 10 heavy (non-hydrogen) atoms. The van der Waals surface area contributed by atoms with Gasteiger partial charge in [0.25, 0.3) is 0 Å². The fourth-order valence-electron chi connectivity index (χ4n) is 0.637. The van der Waals surface area contributed by atoms with Gasteiger partial charge in [-0.15, -0.1) is 0 Å². The summed E-state index contributed by atoms with van der Waals surface area (Å²) in [6.45, 7) is 1.97. The Bertz CT molecular complexity index is 279. The van der Waals surface area contributed by atoms with E-state index in [0.717, 1.165) is 12.1 Å². The molecule has 4 nitrogen and oxygen atoms in total. The lowest BCUT2D eigenvalue weighted by molar-refractivity contribution is 0.649. The molecule has 4 heteroatoms. The largest absolute Gasteiger partial charge is 0.363 e. The van der Waals surface area contributed by atoms with Gasteiger partial charge in [0.05, 0.1) is 11.9 Å². The lowest BCUT2D eigenvalue weighted by Gasteiger charge is -1.95. The number of hydrogen-bond donors (Lipinski definition) is 0. The van der Waals surface area contributed by atoms with Crippen LogP contribution in [0, 0.1) is 0 Å². The summed E-state index contributed by atoms with van der Waals surface area (Å²) in [6.07, 6.45) is 2.31. The standard InChI is InChI=1S/C6H9N3O/c1-3-5-4-7-6(10)9(2)8-5/h4H,3H2,1-2H3. The maximum atomic E-state index is 10.7. The van der Waals surface area contributed by atoms with Crippen LogP contribution in [-0.2, 0) is 13.5 Å². The summed E-state index contributed by atoms with van der Waals surface area (Å²) in [5.41, 5.74) is 0.527. The highest BCUT2D eigenvalue weighted by Gasteiger charge is 1.93. The molecule has 1 aromatic heterocycles. The Morgan fingerprint density at radius 3 is 2.90 bits per heavy atom. The highest BCUT2D eigenvalue weighted by Crippen LogP contribution is 1.85. The zero-order chi connectivity index (χ0) is 7.56. The molecule has 0 bridgehead atoms. The van der Waals surface area contributed by atoms with Gasteiger partial charge in [-0.05, 0) is 6.42 Å². The Morgan fingerprint density at radius 1 is 1.70 bits per heavy atom. The molecule has 1 heterocycles. The second kappa shape index (κ2) is 2.60. The summed E-state index contributed by atoms with van der Waals surface area (Å²) < 4.78 is 1.23. The van der Waals surface area contributed by atoms with Crippen molar-refractivity contribution in [2.45, 2.75) is 13.3 Å². The fraction of sp³-hybridized carbons (Fsp3) is 0.500. The molecule has 1 aromatic rings. The lowest BCUT2D eigenvalue weighted by Crippen LogP contribution is -2.22. The molecule has 0 saturated carbocycles. The van der Waals surface area contributed by atoms with E-state index in [2.05, 4.69) is 10.1 Å². The van der Waals surface area contributed by atoms with Crippen molar-refractivity contribution in [2.24, 2.45) is 7.05 Å². The van der Waals surface area contributed by atoms with E-state index in [1.54, 1.807) is 7.05 Å². The summed E-state index contributed by atoms with van der Waals surface area (Å²) in [4.78, 5) is 14.3. The van der Waals surface area contributed by atoms with Crippen LogP contribution in [0.5, 0.6) is 0 Å². The minimum absolute atomic E-state index is 0.308. The lowest BCUT2D eigenvalue weighted by atomic mass is 10.4. The van der Waals surface area contributed by atoms with E-state index in [9.17, 15) is 4.79 Å². The molecular weight excluding hydrogens is 130 g/mol. The molecule has 0 atom stereocenters. The summed E-state index contributed by atoms with van der Waals surface area (Å²) in [5.74, 6) is 0. The van der Waals surface area contributed by atoms with E-state index >= 15 is 0 Å². The predicted molar refractivity (Wildman–Crippen MR) is 36.7 cm³/mol. The van der Waals surface area contributed by atoms with E-state index in [-0.39, 0.29) is 5.69 Å². The molecule has 0 N–H and O–H groups in total. The molecule has 0 aliphatic heterocycles. The quantitative estimate of drug-likeness (QED) is 0.538. The molecule has 1 rings (SSSR count). The summed E-state index contributed by atoms with van der Waals surface area (Å²) >= 11 is 0. The van der Waals surface area contributed by atoms with E-state index < -0.39 is 0 Å². The molecule has 0 unspecified atom stereocenters. The van der Waals surface area contributed by atoms with Crippen LogP contribution in [-0.4, -0.2) is 14.8 Å². The molecule has 0 spiro atoms. The number of rotatable bonds is 1. The van der Waals surface area contributed by atoms with Crippen molar-refractivity contribution in [1.82, 2.24) is 14.8 Å². The van der Waals surface area contributed by atoms with Gasteiger partial charge < -0.3 is 0 Å². The van der Waals surface area contributed by atoms with Crippen molar-refractivity contribution >= 4 is 0 Å². The second-order valence-electron chi connectivity index (χ2n) is 2.01. The van der Waals surface area contributed by atoms with Crippen molar-refractivity contribution in [2.75, 3.05) is 0 Å². The van der Waals surface area contributed by atoms with Crippen LogP contribution < -0.4 is 5.69 Å². The minimum Gasteiger partial charge on any atom is -0.244 e. The van der Waals surface area contributed by atoms with Gasteiger partial charge in [-0.3, -0.25) is 0 Å². The molecule has 0 saturated heterocycles. The predicted octanol–water partition coefficient (Wildman–Crippen LogP) is -0.262. The third-order valence-electron chi connectivity index (χ3n) is 1.24. The van der Waals surface area contributed by atoms with E-state index in [1.807, 2.05) is 6.92 Å². The summed E-state index contributed by atoms with van der Waals surface area (Å²) in [6, 6.07) is 0. The van der Waals surface area contributed by atoms with Crippen molar-refractivity contribution in [1.29, 1.82) is 0 Å².